The molecule has 0 radical (unpaired) electrons. The molecule has 3 rings (SSSR count). The van der Waals surface area contributed by atoms with Crippen LogP contribution in [0.5, 0.6) is 0 Å². The maximum absolute atomic E-state index is 3.58. The fourth-order valence-electron chi connectivity index (χ4n) is 1.77. The Morgan fingerprint density at radius 3 is 1.28 bits per heavy atom. The predicted octanol–water partition coefficient (Wildman–Crippen LogP) is 6.67. The molecule has 18 heavy (non-hydrogen) atoms. The van der Waals surface area contributed by atoms with E-state index in [2.05, 4.69) is 79.0 Å². The summed E-state index contributed by atoms with van der Waals surface area (Å²) in [7, 11) is 0. The molecule has 0 spiro atoms. The third-order valence-corrected chi connectivity index (χ3v) is 6.42. The molecular weight excluding hydrogens is 392 g/mol. The number of halogens is 2. The predicted molar refractivity (Wildman–Crippen MR) is 88.5 cm³/mol. The summed E-state index contributed by atoms with van der Waals surface area (Å²) in [5.74, 6) is 0. The van der Waals surface area contributed by atoms with Crippen LogP contribution in [0.3, 0.4) is 0 Å². The minimum Gasteiger partial charge on any atom is -0.143 e. The molecule has 0 unspecified atom stereocenters. The van der Waals surface area contributed by atoms with Crippen LogP contribution < -0.4 is 0 Å². The van der Waals surface area contributed by atoms with E-state index in [1.807, 2.05) is 0 Å². The zero-order valence-electron chi connectivity index (χ0n) is 9.19. The van der Waals surface area contributed by atoms with E-state index < -0.39 is 0 Å². The van der Waals surface area contributed by atoms with E-state index in [4.69, 9.17) is 0 Å². The van der Waals surface area contributed by atoms with Crippen molar-refractivity contribution in [3.8, 4) is 20.9 Å². The van der Waals surface area contributed by atoms with Crippen molar-refractivity contribution in [2.75, 3.05) is 0 Å². The van der Waals surface area contributed by atoms with Crippen LogP contribution in [0.4, 0.5) is 0 Å². The topological polar surface area (TPSA) is 0 Å². The fourth-order valence-corrected chi connectivity index (χ4v) is 4.99. The Morgan fingerprint density at radius 1 is 0.611 bits per heavy atom. The molecule has 0 bridgehead atoms. The molecule has 0 saturated carbocycles. The maximum atomic E-state index is 3.58. The largest absolute Gasteiger partial charge is 0.143 e. The second-order valence-corrected chi connectivity index (χ2v) is 7.31. The van der Waals surface area contributed by atoms with E-state index in [0.717, 1.165) is 8.95 Å². The molecule has 0 N–H and O–H groups in total. The van der Waals surface area contributed by atoms with Crippen LogP contribution in [0.25, 0.3) is 20.9 Å². The van der Waals surface area contributed by atoms with Gasteiger partial charge in [0.2, 0.25) is 0 Å². The lowest BCUT2D eigenvalue weighted by Gasteiger charge is -2.02. The average Bonchev–Trinajstić information content (AvgIpc) is 2.98. The molecule has 0 fully saturated rings. The van der Waals surface area contributed by atoms with E-state index in [1.165, 1.54) is 20.9 Å². The van der Waals surface area contributed by atoms with Gasteiger partial charge in [-0.05, 0) is 65.9 Å². The second kappa shape index (κ2) is 5.29. The molecule has 0 amide bonds. The van der Waals surface area contributed by atoms with Gasteiger partial charge < -0.3 is 0 Å². The van der Waals surface area contributed by atoms with Crippen LogP contribution in [-0.4, -0.2) is 0 Å². The quantitative estimate of drug-likeness (QED) is 0.451. The monoisotopic (exact) mass is 398 g/mol. The molecule has 2 heterocycles. The van der Waals surface area contributed by atoms with Gasteiger partial charge in [-0.15, -0.1) is 22.7 Å². The summed E-state index contributed by atoms with van der Waals surface area (Å²) in [5, 5.41) is 4.20. The fraction of sp³-hybridized carbons (Fsp3) is 0. The summed E-state index contributed by atoms with van der Waals surface area (Å²) < 4.78 is 2.33. The molecule has 2 aromatic heterocycles. The highest BCUT2D eigenvalue weighted by Crippen LogP contribution is 2.37. The Hall–Kier alpha value is -0.420. The molecular formula is C14H8Br2S2. The van der Waals surface area contributed by atoms with Gasteiger partial charge >= 0.3 is 0 Å². The highest BCUT2D eigenvalue weighted by Gasteiger charge is 2.07. The Morgan fingerprint density at radius 2 is 1.00 bits per heavy atom. The van der Waals surface area contributed by atoms with Gasteiger partial charge in [-0.2, -0.15) is 0 Å². The smallest absolute Gasteiger partial charge is 0.0484 e. The molecule has 0 saturated heterocycles. The number of rotatable bonds is 2. The van der Waals surface area contributed by atoms with Crippen molar-refractivity contribution in [3.63, 3.8) is 0 Å². The molecule has 4 heteroatoms. The normalized spacial score (nSPS) is 10.8. The summed E-state index contributed by atoms with van der Waals surface area (Å²) in [5.41, 5.74) is 2.52. The van der Waals surface area contributed by atoms with E-state index in [0.29, 0.717) is 0 Å². The number of hydrogen-bond donors (Lipinski definition) is 0. The van der Waals surface area contributed by atoms with Crippen LogP contribution in [0, 0.1) is 0 Å². The standard InChI is InChI=1S/C14H8Br2S2/c15-11-5-7-17-13(11)9-1-2-10(4-3-9)14-12(16)6-8-18-14/h1-8H. The summed E-state index contributed by atoms with van der Waals surface area (Å²) in [4.78, 5) is 2.57. The van der Waals surface area contributed by atoms with Crippen molar-refractivity contribution in [2.24, 2.45) is 0 Å². The van der Waals surface area contributed by atoms with Gasteiger partial charge in [-0.3, -0.25) is 0 Å². The van der Waals surface area contributed by atoms with E-state index in [-0.39, 0.29) is 0 Å². The van der Waals surface area contributed by atoms with Gasteiger partial charge in [0, 0.05) is 18.7 Å². The van der Waals surface area contributed by atoms with Crippen molar-refractivity contribution >= 4 is 54.5 Å². The molecule has 90 valence electrons. The first kappa shape index (κ1) is 12.6. The van der Waals surface area contributed by atoms with Crippen LogP contribution >= 0.6 is 54.5 Å². The molecule has 1 aromatic carbocycles. The Labute approximate surface area is 131 Å². The second-order valence-electron chi connectivity index (χ2n) is 3.77. The van der Waals surface area contributed by atoms with Crippen LogP contribution in [0.2, 0.25) is 0 Å². The van der Waals surface area contributed by atoms with Gasteiger partial charge in [-0.1, -0.05) is 24.3 Å². The third-order valence-electron chi connectivity index (χ3n) is 2.64. The van der Waals surface area contributed by atoms with Gasteiger partial charge in [-0.25, -0.2) is 0 Å². The maximum Gasteiger partial charge on any atom is 0.0484 e. The summed E-state index contributed by atoms with van der Waals surface area (Å²) in [6, 6.07) is 12.9. The zero-order chi connectivity index (χ0) is 12.5. The Balaban J connectivity index is 2.00. The van der Waals surface area contributed by atoms with Crippen molar-refractivity contribution in [3.05, 3.63) is 56.1 Å². The highest BCUT2D eigenvalue weighted by molar-refractivity contribution is 9.11. The zero-order valence-corrected chi connectivity index (χ0v) is 14.0. The first-order valence-electron chi connectivity index (χ1n) is 5.32. The van der Waals surface area contributed by atoms with Crippen molar-refractivity contribution in [2.45, 2.75) is 0 Å². The van der Waals surface area contributed by atoms with E-state index in [1.54, 1.807) is 22.7 Å². The van der Waals surface area contributed by atoms with Crippen molar-refractivity contribution < 1.29 is 0 Å². The molecule has 0 aliphatic rings. The lowest BCUT2D eigenvalue weighted by atomic mass is 10.1. The molecule has 0 nitrogen and oxygen atoms in total. The number of benzene rings is 1. The number of hydrogen-bond acceptors (Lipinski definition) is 2. The van der Waals surface area contributed by atoms with Gasteiger partial charge in [0.15, 0.2) is 0 Å². The lowest BCUT2D eigenvalue weighted by molar-refractivity contribution is 1.66. The summed E-state index contributed by atoms with van der Waals surface area (Å²) in [6.07, 6.45) is 0. The van der Waals surface area contributed by atoms with E-state index in [9.17, 15) is 0 Å². The first-order valence-corrected chi connectivity index (χ1v) is 8.67. The van der Waals surface area contributed by atoms with E-state index >= 15 is 0 Å². The minimum absolute atomic E-state index is 1.16. The van der Waals surface area contributed by atoms with Gasteiger partial charge in [0.1, 0.15) is 0 Å². The lowest BCUT2D eigenvalue weighted by Crippen LogP contribution is -1.76. The molecule has 0 aliphatic carbocycles. The molecule has 3 aromatic rings. The highest BCUT2D eigenvalue weighted by atomic mass is 79.9. The summed E-state index contributed by atoms with van der Waals surface area (Å²) in [6.45, 7) is 0. The summed E-state index contributed by atoms with van der Waals surface area (Å²) >= 11 is 10.7. The minimum atomic E-state index is 1.16. The van der Waals surface area contributed by atoms with Gasteiger partial charge in [0.25, 0.3) is 0 Å². The third kappa shape index (κ3) is 2.35. The van der Waals surface area contributed by atoms with Crippen molar-refractivity contribution in [1.82, 2.24) is 0 Å². The Bertz CT molecular complexity index is 606. The molecule has 0 atom stereocenters. The van der Waals surface area contributed by atoms with Gasteiger partial charge in [0.05, 0.1) is 0 Å². The first-order chi connectivity index (χ1) is 8.75. The Kier molecular flexibility index (Phi) is 3.71. The number of thiophene rings is 2. The molecule has 0 aliphatic heterocycles. The van der Waals surface area contributed by atoms with Crippen molar-refractivity contribution in [1.29, 1.82) is 0 Å². The SMILES string of the molecule is Brc1ccsc1-c1ccc(-c2sccc2Br)cc1. The average molecular weight is 400 g/mol. The van der Waals surface area contributed by atoms with Crippen LogP contribution in [-0.2, 0) is 0 Å². The van der Waals surface area contributed by atoms with Crippen LogP contribution in [0.15, 0.2) is 56.1 Å². The van der Waals surface area contributed by atoms with Crippen LogP contribution in [0.1, 0.15) is 0 Å².